The predicted octanol–water partition coefficient (Wildman–Crippen LogP) is 5.13. The highest BCUT2D eigenvalue weighted by Crippen LogP contribution is 2.24. The Labute approximate surface area is 204 Å². The van der Waals surface area contributed by atoms with Crippen LogP contribution in [0.3, 0.4) is 0 Å². The monoisotopic (exact) mass is 492 g/mol. The number of aromatic nitrogens is 1. The summed E-state index contributed by atoms with van der Waals surface area (Å²) in [5, 5.41) is 12.3. The number of ether oxygens (including phenoxy) is 1. The molecular formula is C25H30Cl2N2O4. The molecule has 1 aromatic heterocycles. The molecule has 3 rings (SSSR count). The van der Waals surface area contributed by atoms with E-state index in [1.807, 2.05) is 0 Å². The zero-order chi connectivity index (χ0) is 23.8. The lowest BCUT2D eigenvalue weighted by atomic mass is 9.95. The highest BCUT2D eigenvalue weighted by Gasteiger charge is 2.23. The molecule has 1 aliphatic rings. The van der Waals surface area contributed by atoms with E-state index in [2.05, 4.69) is 24.4 Å². The predicted molar refractivity (Wildman–Crippen MR) is 129 cm³/mol. The van der Waals surface area contributed by atoms with Crippen LogP contribution in [0.2, 0.25) is 10.0 Å². The van der Waals surface area contributed by atoms with E-state index >= 15 is 0 Å². The lowest BCUT2D eigenvalue weighted by Gasteiger charge is -2.17. The second-order valence-electron chi connectivity index (χ2n) is 8.58. The number of halogens is 2. The van der Waals surface area contributed by atoms with Crippen molar-refractivity contribution in [3.05, 3.63) is 62.9 Å². The second-order valence-corrected chi connectivity index (χ2v) is 9.40. The summed E-state index contributed by atoms with van der Waals surface area (Å²) in [6.07, 6.45) is 6.66. The molecule has 0 fully saturated rings. The largest absolute Gasteiger partial charge is 0.480 e. The number of nitrogens with zero attached hydrogens (tertiary/aromatic N) is 1. The van der Waals surface area contributed by atoms with Crippen molar-refractivity contribution in [1.29, 1.82) is 0 Å². The molecule has 0 unspecified atom stereocenters. The average Bonchev–Trinajstić information content (AvgIpc) is 2.79. The summed E-state index contributed by atoms with van der Waals surface area (Å²) in [5.74, 6) is -1.45. The third-order valence-electron chi connectivity index (χ3n) is 5.88. The van der Waals surface area contributed by atoms with Crippen LogP contribution in [0, 0.1) is 5.92 Å². The number of carbonyl (C=O) groups is 2. The van der Waals surface area contributed by atoms with Gasteiger partial charge < -0.3 is 15.2 Å². The highest BCUT2D eigenvalue weighted by molar-refractivity contribution is 6.39. The number of fused-ring (bicyclic) bond motifs is 1. The number of carboxylic acids is 1. The minimum atomic E-state index is -1.14. The van der Waals surface area contributed by atoms with Crippen LogP contribution in [0.15, 0.2) is 30.3 Å². The van der Waals surface area contributed by atoms with Crippen molar-refractivity contribution >= 4 is 35.1 Å². The van der Waals surface area contributed by atoms with E-state index in [4.69, 9.17) is 32.9 Å². The van der Waals surface area contributed by atoms with Crippen LogP contribution in [0.4, 0.5) is 0 Å². The summed E-state index contributed by atoms with van der Waals surface area (Å²) >= 11 is 12.1. The third kappa shape index (κ3) is 7.42. The molecule has 0 spiro atoms. The van der Waals surface area contributed by atoms with Crippen molar-refractivity contribution in [3.63, 3.8) is 0 Å². The highest BCUT2D eigenvalue weighted by atomic mass is 35.5. The summed E-state index contributed by atoms with van der Waals surface area (Å²) in [6.45, 7) is 2.84. The van der Waals surface area contributed by atoms with Crippen LogP contribution in [-0.2, 0) is 28.8 Å². The standard InChI is InChI=1S/C25H30Cl2N2O4/c1-16(9-11-18-12-10-17-5-2-3-8-21(17)28-18)15-33-14-13-22(25(31)32)29-24(30)23-19(26)6-4-7-20(23)27/h4,6-7,10,12,16,22H,2-3,5,8-9,11,13-15H2,1H3,(H,29,30)(H,31,32)/t16-,22-/m1/s1. The molecule has 33 heavy (non-hydrogen) atoms. The lowest BCUT2D eigenvalue weighted by molar-refractivity contribution is -0.139. The van der Waals surface area contributed by atoms with Gasteiger partial charge in [-0.15, -0.1) is 0 Å². The maximum atomic E-state index is 12.5. The Morgan fingerprint density at radius 2 is 1.85 bits per heavy atom. The number of hydrogen-bond donors (Lipinski definition) is 2. The fourth-order valence-electron chi connectivity index (χ4n) is 3.93. The van der Waals surface area contributed by atoms with Crippen LogP contribution in [0.25, 0.3) is 0 Å². The number of nitrogens with one attached hydrogen (secondary N) is 1. The number of amides is 1. The lowest BCUT2D eigenvalue weighted by Crippen LogP contribution is -2.41. The summed E-state index contributed by atoms with van der Waals surface area (Å²) < 4.78 is 5.70. The normalized spacial score (nSPS) is 14.9. The minimum Gasteiger partial charge on any atom is -0.480 e. The van der Waals surface area contributed by atoms with Crippen LogP contribution in [0.5, 0.6) is 0 Å². The molecule has 0 saturated heterocycles. The Morgan fingerprint density at radius 1 is 1.12 bits per heavy atom. The van der Waals surface area contributed by atoms with E-state index in [0.29, 0.717) is 12.5 Å². The van der Waals surface area contributed by atoms with Gasteiger partial charge in [-0.25, -0.2) is 4.79 Å². The smallest absolute Gasteiger partial charge is 0.326 e. The number of rotatable bonds is 11. The van der Waals surface area contributed by atoms with Gasteiger partial charge in [0.15, 0.2) is 0 Å². The van der Waals surface area contributed by atoms with Gasteiger partial charge in [0.05, 0.1) is 15.6 Å². The molecule has 2 atom stereocenters. The van der Waals surface area contributed by atoms with E-state index < -0.39 is 17.9 Å². The summed E-state index contributed by atoms with van der Waals surface area (Å²) in [7, 11) is 0. The zero-order valence-electron chi connectivity index (χ0n) is 18.8. The number of aryl methyl sites for hydroxylation is 3. The molecular weight excluding hydrogens is 463 g/mol. The van der Waals surface area contributed by atoms with Crippen molar-refractivity contribution < 1.29 is 19.4 Å². The minimum absolute atomic E-state index is 0.0670. The first-order valence-electron chi connectivity index (χ1n) is 11.4. The summed E-state index contributed by atoms with van der Waals surface area (Å²) in [4.78, 5) is 28.9. The summed E-state index contributed by atoms with van der Waals surface area (Å²) in [5.41, 5.74) is 3.83. The molecule has 8 heteroatoms. The molecule has 6 nitrogen and oxygen atoms in total. The Morgan fingerprint density at radius 3 is 2.58 bits per heavy atom. The van der Waals surface area contributed by atoms with Gasteiger partial charge in [0.25, 0.3) is 5.91 Å². The molecule has 0 saturated carbocycles. The molecule has 0 aliphatic heterocycles. The molecule has 2 aromatic rings. The van der Waals surface area contributed by atoms with Gasteiger partial charge in [-0.05, 0) is 68.2 Å². The molecule has 1 amide bonds. The Kier molecular flexibility index (Phi) is 9.53. The van der Waals surface area contributed by atoms with E-state index in [1.165, 1.54) is 36.2 Å². The summed E-state index contributed by atoms with van der Waals surface area (Å²) in [6, 6.07) is 7.93. The topological polar surface area (TPSA) is 88.5 Å². The third-order valence-corrected chi connectivity index (χ3v) is 6.51. The van der Waals surface area contributed by atoms with Gasteiger partial charge in [0.1, 0.15) is 6.04 Å². The first-order valence-corrected chi connectivity index (χ1v) is 12.1. The quantitative estimate of drug-likeness (QED) is 0.424. The first kappa shape index (κ1) is 25.5. The number of hydrogen-bond acceptors (Lipinski definition) is 4. The molecule has 0 radical (unpaired) electrons. The number of benzene rings is 1. The SMILES string of the molecule is C[C@H](CCc1ccc2c(n1)CCCC2)COCC[C@@H](NC(=O)c1c(Cl)cccc1Cl)C(=O)O. The van der Waals surface area contributed by atoms with Gasteiger partial charge in [-0.3, -0.25) is 9.78 Å². The van der Waals surface area contributed by atoms with Crippen LogP contribution in [-0.4, -0.2) is 41.2 Å². The van der Waals surface area contributed by atoms with Crippen LogP contribution >= 0.6 is 23.2 Å². The second kappa shape index (κ2) is 12.4. The number of aliphatic carboxylic acids is 1. The van der Waals surface area contributed by atoms with Crippen molar-refractivity contribution in [2.45, 2.75) is 57.9 Å². The van der Waals surface area contributed by atoms with Crippen LogP contribution in [0.1, 0.15) is 59.9 Å². The Bertz CT molecular complexity index is 963. The van der Waals surface area contributed by atoms with E-state index in [1.54, 1.807) is 6.07 Å². The Hall–Kier alpha value is -2.15. The van der Waals surface area contributed by atoms with Gasteiger partial charge >= 0.3 is 5.97 Å². The maximum Gasteiger partial charge on any atom is 0.326 e. The molecule has 1 aromatic carbocycles. The Balaban J connectivity index is 1.40. The average molecular weight is 493 g/mol. The van der Waals surface area contributed by atoms with Gasteiger partial charge in [-0.2, -0.15) is 0 Å². The van der Waals surface area contributed by atoms with Crippen molar-refractivity contribution in [2.75, 3.05) is 13.2 Å². The van der Waals surface area contributed by atoms with Crippen LogP contribution < -0.4 is 5.32 Å². The van der Waals surface area contributed by atoms with E-state index in [9.17, 15) is 14.7 Å². The molecule has 178 valence electrons. The molecule has 2 N–H and O–H groups in total. The first-order chi connectivity index (χ1) is 15.8. The van der Waals surface area contributed by atoms with Crippen molar-refractivity contribution in [1.82, 2.24) is 10.3 Å². The number of carboxylic acid groups (broad SMARTS) is 1. The molecule has 0 bridgehead atoms. The fraction of sp³-hybridized carbons (Fsp3) is 0.480. The van der Waals surface area contributed by atoms with Gasteiger partial charge in [0, 0.05) is 31.0 Å². The van der Waals surface area contributed by atoms with E-state index in [-0.39, 0.29) is 28.6 Å². The number of carbonyl (C=O) groups excluding carboxylic acids is 1. The van der Waals surface area contributed by atoms with Gasteiger partial charge in [-0.1, -0.05) is 42.3 Å². The zero-order valence-corrected chi connectivity index (χ0v) is 20.3. The van der Waals surface area contributed by atoms with Crippen molar-refractivity contribution in [2.24, 2.45) is 5.92 Å². The van der Waals surface area contributed by atoms with E-state index in [0.717, 1.165) is 31.4 Å². The maximum absolute atomic E-state index is 12.5. The number of pyridine rings is 1. The molecule has 1 aliphatic carbocycles. The fourth-order valence-corrected chi connectivity index (χ4v) is 4.50. The molecule has 1 heterocycles. The van der Waals surface area contributed by atoms with Crippen molar-refractivity contribution in [3.8, 4) is 0 Å². The van der Waals surface area contributed by atoms with Gasteiger partial charge in [0.2, 0.25) is 0 Å².